The Morgan fingerprint density at radius 1 is 0.800 bits per heavy atom. The third-order valence-corrected chi connectivity index (χ3v) is 6.91. The first-order valence-electron chi connectivity index (χ1n) is 13.6. The number of amides is 1. The lowest BCUT2D eigenvalue weighted by molar-refractivity contribution is -0.110. The van der Waals surface area contributed by atoms with Crippen LogP contribution in [0, 0.1) is 0 Å². The molecule has 0 saturated carbocycles. The summed E-state index contributed by atoms with van der Waals surface area (Å²) in [6, 6.07) is 33.8. The van der Waals surface area contributed by atoms with Crippen LogP contribution in [0.15, 0.2) is 103 Å². The Bertz CT molecular complexity index is 1510. The minimum atomic E-state index is -0.413. The van der Waals surface area contributed by atoms with Gasteiger partial charge in [0.1, 0.15) is 0 Å². The highest BCUT2D eigenvalue weighted by molar-refractivity contribution is 6.37. The van der Waals surface area contributed by atoms with Gasteiger partial charge in [-0.3, -0.25) is 9.69 Å². The van der Waals surface area contributed by atoms with Crippen molar-refractivity contribution in [1.82, 2.24) is 4.90 Å². The second-order valence-electron chi connectivity index (χ2n) is 9.66. The van der Waals surface area contributed by atoms with Gasteiger partial charge in [-0.05, 0) is 54.4 Å². The Morgan fingerprint density at radius 2 is 1.45 bits per heavy atom. The number of rotatable bonds is 10. The third kappa shape index (κ3) is 6.14. The van der Waals surface area contributed by atoms with E-state index in [1.807, 2.05) is 48.5 Å². The molecule has 0 saturated heterocycles. The van der Waals surface area contributed by atoms with E-state index >= 15 is 0 Å². The first-order valence-corrected chi connectivity index (χ1v) is 13.6. The number of fused-ring (bicyclic) bond motifs is 1. The normalized spacial score (nSPS) is 13.5. The van der Waals surface area contributed by atoms with Gasteiger partial charge >= 0.3 is 5.97 Å². The number of nitrogens with one attached hydrogen (secondary N) is 2. The summed E-state index contributed by atoms with van der Waals surface area (Å²) in [4.78, 5) is 27.9. The monoisotopic (exact) mass is 531 g/mol. The summed E-state index contributed by atoms with van der Waals surface area (Å²) < 4.78 is 5.13. The molecule has 2 N–H and O–H groups in total. The molecule has 1 aliphatic heterocycles. The van der Waals surface area contributed by atoms with Gasteiger partial charge in [-0.2, -0.15) is 0 Å². The number of hydrogen-bond donors (Lipinski definition) is 2. The number of anilines is 2. The number of ether oxygens (including phenoxy) is 1. The van der Waals surface area contributed by atoms with Crippen LogP contribution in [0.3, 0.4) is 0 Å². The van der Waals surface area contributed by atoms with E-state index in [1.165, 1.54) is 11.1 Å². The molecule has 0 spiro atoms. The molecule has 6 heteroatoms. The van der Waals surface area contributed by atoms with Crippen molar-refractivity contribution in [3.8, 4) is 0 Å². The molecule has 0 unspecified atom stereocenters. The number of nitrogens with zero attached hydrogens (tertiary/aromatic N) is 1. The van der Waals surface area contributed by atoms with Crippen LogP contribution in [-0.2, 0) is 22.6 Å². The highest BCUT2D eigenvalue weighted by Crippen LogP contribution is 2.38. The molecule has 1 heterocycles. The molecular formula is C34H33N3O3. The van der Waals surface area contributed by atoms with Crippen LogP contribution in [-0.4, -0.2) is 29.9 Å². The van der Waals surface area contributed by atoms with Crippen LogP contribution in [0.4, 0.5) is 11.4 Å². The third-order valence-electron chi connectivity index (χ3n) is 6.91. The highest BCUT2D eigenvalue weighted by atomic mass is 16.5. The van der Waals surface area contributed by atoms with Crippen LogP contribution in [0.2, 0.25) is 0 Å². The Kier molecular flexibility index (Phi) is 8.38. The molecule has 0 radical (unpaired) electrons. The molecule has 6 nitrogen and oxygen atoms in total. The summed E-state index contributed by atoms with van der Waals surface area (Å²) in [7, 11) is 0. The Hall–Kier alpha value is -4.68. The van der Waals surface area contributed by atoms with E-state index in [-0.39, 0.29) is 12.5 Å². The lowest BCUT2D eigenvalue weighted by Crippen LogP contribution is -2.22. The lowest BCUT2D eigenvalue weighted by atomic mass is 9.99. The molecule has 5 rings (SSSR count). The van der Waals surface area contributed by atoms with Crippen LogP contribution < -0.4 is 10.6 Å². The average molecular weight is 532 g/mol. The molecule has 0 aromatic heterocycles. The van der Waals surface area contributed by atoms with Gasteiger partial charge in [-0.1, -0.05) is 85.8 Å². The summed E-state index contributed by atoms with van der Waals surface area (Å²) >= 11 is 0. The van der Waals surface area contributed by atoms with Gasteiger partial charge in [0.15, 0.2) is 0 Å². The summed E-state index contributed by atoms with van der Waals surface area (Å²) in [5.41, 5.74) is 7.24. The van der Waals surface area contributed by atoms with Crippen molar-refractivity contribution in [2.75, 3.05) is 23.8 Å². The first-order chi connectivity index (χ1) is 19.6. The van der Waals surface area contributed by atoms with Crippen molar-refractivity contribution in [2.24, 2.45) is 0 Å². The zero-order chi connectivity index (χ0) is 27.9. The van der Waals surface area contributed by atoms with Gasteiger partial charge in [0.25, 0.3) is 5.91 Å². The van der Waals surface area contributed by atoms with Crippen molar-refractivity contribution < 1.29 is 14.3 Å². The predicted molar refractivity (Wildman–Crippen MR) is 161 cm³/mol. The molecule has 0 fully saturated rings. The predicted octanol–water partition coefficient (Wildman–Crippen LogP) is 6.82. The van der Waals surface area contributed by atoms with Gasteiger partial charge in [0.2, 0.25) is 0 Å². The summed E-state index contributed by atoms with van der Waals surface area (Å²) in [6.07, 6.45) is 0. The van der Waals surface area contributed by atoms with E-state index in [9.17, 15) is 9.59 Å². The molecule has 40 heavy (non-hydrogen) atoms. The smallest absolute Gasteiger partial charge is 0.338 e. The maximum Gasteiger partial charge on any atom is 0.338 e. The molecule has 4 aromatic rings. The van der Waals surface area contributed by atoms with Crippen LogP contribution >= 0.6 is 0 Å². The minimum Gasteiger partial charge on any atom is -0.462 e. The van der Waals surface area contributed by atoms with Crippen molar-refractivity contribution in [2.45, 2.75) is 26.9 Å². The maximum absolute atomic E-state index is 13.3. The van der Waals surface area contributed by atoms with Gasteiger partial charge < -0.3 is 15.4 Å². The van der Waals surface area contributed by atoms with E-state index in [2.05, 4.69) is 58.9 Å². The van der Waals surface area contributed by atoms with E-state index in [0.717, 1.165) is 36.4 Å². The molecule has 4 aromatic carbocycles. The average Bonchev–Trinajstić information content (AvgIpc) is 3.32. The number of esters is 1. The molecule has 0 bridgehead atoms. The summed E-state index contributed by atoms with van der Waals surface area (Å²) in [6.45, 7) is 6.92. The second kappa shape index (κ2) is 12.5. The molecular weight excluding hydrogens is 498 g/mol. The van der Waals surface area contributed by atoms with E-state index in [4.69, 9.17) is 4.74 Å². The van der Waals surface area contributed by atoms with Gasteiger partial charge in [-0.25, -0.2) is 4.79 Å². The minimum absolute atomic E-state index is 0.224. The van der Waals surface area contributed by atoms with Crippen LogP contribution in [0.5, 0.6) is 0 Å². The topological polar surface area (TPSA) is 70.7 Å². The highest BCUT2D eigenvalue weighted by Gasteiger charge is 2.29. The van der Waals surface area contributed by atoms with E-state index < -0.39 is 5.97 Å². The number of hydrogen-bond acceptors (Lipinski definition) is 5. The lowest BCUT2D eigenvalue weighted by Gasteiger charge is -2.21. The van der Waals surface area contributed by atoms with Crippen LogP contribution in [0.25, 0.3) is 11.3 Å². The Morgan fingerprint density at radius 3 is 2.10 bits per heavy atom. The molecule has 0 atom stereocenters. The van der Waals surface area contributed by atoms with Crippen molar-refractivity contribution in [1.29, 1.82) is 0 Å². The number of carbonyl (C=O) groups is 2. The van der Waals surface area contributed by atoms with Gasteiger partial charge in [0.05, 0.1) is 29.1 Å². The zero-order valence-electron chi connectivity index (χ0n) is 22.8. The fraction of sp³-hybridized carbons (Fsp3) is 0.176. The number of carbonyl (C=O) groups excluding carboxylic acids is 2. The zero-order valence-corrected chi connectivity index (χ0v) is 22.8. The molecule has 0 aliphatic carbocycles. The van der Waals surface area contributed by atoms with E-state index in [1.54, 1.807) is 25.1 Å². The van der Waals surface area contributed by atoms with Gasteiger partial charge in [0, 0.05) is 24.3 Å². The maximum atomic E-state index is 13.3. The Labute approximate surface area is 235 Å². The fourth-order valence-corrected chi connectivity index (χ4v) is 4.86. The summed E-state index contributed by atoms with van der Waals surface area (Å²) in [5, 5.41) is 6.44. The number of benzene rings is 4. The molecule has 1 amide bonds. The molecule has 202 valence electrons. The SMILES string of the molecule is CCOC(=O)c1ccc2c(c1)NC(=O)C2=C(Nc1ccc(CN(CC)Cc2ccccc2)cc1)c1ccccc1. The summed E-state index contributed by atoms with van der Waals surface area (Å²) in [5.74, 6) is -0.637. The standard InChI is InChI=1S/C34H33N3O3/c1-3-37(22-24-11-7-5-8-12-24)23-25-15-18-28(19-16-25)35-32(26-13-9-6-10-14-26)31-29-20-17-27(34(39)40-4-2)21-30(29)36-33(31)38/h5-21,35H,3-4,22-23H2,1-2H3,(H,36,38). The van der Waals surface area contributed by atoms with Crippen molar-refractivity contribution in [3.05, 3.63) is 131 Å². The van der Waals surface area contributed by atoms with Crippen molar-refractivity contribution in [3.63, 3.8) is 0 Å². The molecule has 1 aliphatic rings. The quantitative estimate of drug-likeness (QED) is 0.174. The second-order valence-corrected chi connectivity index (χ2v) is 9.66. The van der Waals surface area contributed by atoms with E-state index in [0.29, 0.717) is 22.5 Å². The fourth-order valence-electron chi connectivity index (χ4n) is 4.86. The first kappa shape index (κ1) is 26.9. The van der Waals surface area contributed by atoms with Crippen LogP contribution in [0.1, 0.15) is 46.5 Å². The van der Waals surface area contributed by atoms with Gasteiger partial charge in [-0.15, -0.1) is 0 Å². The van der Waals surface area contributed by atoms with Crippen molar-refractivity contribution >= 4 is 34.5 Å². The Balaban J connectivity index is 1.42. The largest absolute Gasteiger partial charge is 0.462 e.